The van der Waals surface area contributed by atoms with Gasteiger partial charge in [-0.2, -0.15) is 0 Å². The molecule has 0 aliphatic heterocycles. The third-order valence-electron chi connectivity index (χ3n) is 3.68. The molecule has 2 aromatic carbocycles. The molecule has 0 N–H and O–H groups in total. The molecule has 1 aromatic heterocycles. The van der Waals surface area contributed by atoms with Gasteiger partial charge in [0.1, 0.15) is 11.6 Å². The van der Waals surface area contributed by atoms with Crippen LogP contribution in [0.4, 0.5) is 14.5 Å². The van der Waals surface area contributed by atoms with Gasteiger partial charge in [-0.25, -0.2) is 8.78 Å². The zero-order valence-electron chi connectivity index (χ0n) is 13.3. The Labute approximate surface area is 138 Å². The Hall–Kier alpha value is -2.95. The number of aliphatic imine (C=N–C) groups is 1. The van der Waals surface area contributed by atoms with Gasteiger partial charge >= 0.3 is 0 Å². The van der Waals surface area contributed by atoms with Crippen LogP contribution in [-0.2, 0) is 0 Å². The summed E-state index contributed by atoms with van der Waals surface area (Å²) >= 11 is 0. The Morgan fingerprint density at radius 2 is 1.75 bits per heavy atom. The summed E-state index contributed by atoms with van der Waals surface area (Å²) in [6.45, 7) is 1.97. The molecule has 5 heteroatoms. The van der Waals surface area contributed by atoms with Crippen LogP contribution in [0, 0.1) is 18.6 Å². The minimum absolute atomic E-state index is 0.0940. The quantitative estimate of drug-likeness (QED) is 0.631. The summed E-state index contributed by atoms with van der Waals surface area (Å²) in [5.74, 6) is -0.540. The monoisotopic (exact) mass is 326 g/mol. The van der Waals surface area contributed by atoms with Crippen LogP contribution < -0.4 is 4.74 Å². The lowest BCUT2D eigenvalue weighted by atomic mass is 10.3. The van der Waals surface area contributed by atoms with Gasteiger partial charge in [0.05, 0.1) is 24.7 Å². The molecule has 1 heterocycles. The molecule has 0 atom stereocenters. The van der Waals surface area contributed by atoms with Gasteiger partial charge in [0.2, 0.25) is 0 Å². The van der Waals surface area contributed by atoms with Crippen molar-refractivity contribution in [2.75, 3.05) is 7.11 Å². The van der Waals surface area contributed by atoms with Crippen LogP contribution in [0.2, 0.25) is 0 Å². The van der Waals surface area contributed by atoms with E-state index in [0.29, 0.717) is 0 Å². The van der Waals surface area contributed by atoms with Crippen LogP contribution in [0.5, 0.6) is 5.75 Å². The van der Waals surface area contributed by atoms with Crippen LogP contribution in [0.1, 0.15) is 11.4 Å². The molecule has 0 amide bonds. The number of benzene rings is 2. The molecule has 0 radical (unpaired) electrons. The Morgan fingerprint density at radius 3 is 2.42 bits per heavy atom. The van der Waals surface area contributed by atoms with Crippen LogP contribution >= 0.6 is 0 Å². The number of rotatable bonds is 4. The van der Waals surface area contributed by atoms with Gasteiger partial charge in [-0.05, 0) is 55.5 Å². The summed E-state index contributed by atoms with van der Waals surface area (Å²) < 4.78 is 33.8. The molecule has 3 rings (SSSR count). The predicted molar refractivity (Wildman–Crippen MR) is 90.7 cm³/mol. The highest BCUT2D eigenvalue weighted by Crippen LogP contribution is 2.21. The molecule has 0 unspecified atom stereocenters. The molecule has 0 aliphatic carbocycles. The summed E-state index contributed by atoms with van der Waals surface area (Å²) in [5.41, 5.74) is 2.85. The summed E-state index contributed by atoms with van der Waals surface area (Å²) in [6.07, 6.45) is 1.56. The average Bonchev–Trinajstić information content (AvgIpc) is 2.95. The van der Waals surface area contributed by atoms with Crippen molar-refractivity contribution in [1.82, 2.24) is 4.57 Å². The summed E-state index contributed by atoms with van der Waals surface area (Å²) in [4.78, 5) is 4.14. The predicted octanol–water partition coefficient (Wildman–Crippen LogP) is 4.82. The number of hydrogen-bond donors (Lipinski definition) is 0. The smallest absolute Gasteiger partial charge is 0.151 e. The van der Waals surface area contributed by atoms with Gasteiger partial charge in [0.15, 0.2) is 5.82 Å². The van der Waals surface area contributed by atoms with E-state index in [0.717, 1.165) is 28.9 Å². The third kappa shape index (κ3) is 3.20. The summed E-state index contributed by atoms with van der Waals surface area (Å²) in [7, 11) is 1.62. The second kappa shape index (κ2) is 6.66. The number of ether oxygens (including phenoxy) is 1. The Kier molecular flexibility index (Phi) is 4.42. The van der Waals surface area contributed by atoms with Crippen molar-refractivity contribution < 1.29 is 13.5 Å². The minimum Gasteiger partial charge on any atom is -0.497 e. The first-order chi connectivity index (χ1) is 11.6. The molecule has 24 heavy (non-hydrogen) atoms. The Morgan fingerprint density at radius 1 is 1.00 bits per heavy atom. The van der Waals surface area contributed by atoms with Crippen LogP contribution in [0.15, 0.2) is 59.6 Å². The van der Waals surface area contributed by atoms with Gasteiger partial charge in [0, 0.05) is 17.4 Å². The highest BCUT2D eigenvalue weighted by molar-refractivity contribution is 5.81. The molecule has 122 valence electrons. The maximum absolute atomic E-state index is 13.7. The molecule has 0 bridgehead atoms. The van der Waals surface area contributed by atoms with Crippen LogP contribution in [-0.4, -0.2) is 17.9 Å². The van der Waals surface area contributed by atoms with Crippen molar-refractivity contribution in [3.8, 4) is 11.4 Å². The topological polar surface area (TPSA) is 26.5 Å². The Balaban J connectivity index is 1.96. The van der Waals surface area contributed by atoms with E-state index in [1.165, 1.54) is 12.1 Å². The van der Waals surface area contributed by atoms with E-state index in [4.69, 9.17) is 4.74 Å². The van der Waals surface area contributed by atoms with Crippen LogP contribution in [0.3, 0.4) is 0 Å². The van der Waals surface area contributed by atoms with E-state index in [2.05, 4.69) is 4.99 Å². The number of halogens is 2. The number of nitrogens with zero attached hydrogens (tertiary/aromatic N) is 2. The first-order valence-electron chi connectivity index (χ1n) is 7.40. The highest BCUT2D eigenvalue weighted by Gasteiger charge is 2.07. The maximum atomic E-state index is 13.7. The van der Waals surface area contributed by atoms with Gasteiger partial charge in [-0.15, -0.1) is 0 Å². The summed E-state index contributed by atoms with van der Waals surface area (Å²) in [5, 5.41) is 0. The molecule has 0 saturated heterocycles. The van der Waals surface area contributed by atoms with Crippen molar-refractivity contribution >= 4 is 11.9 Å². The van der Waals surface area contributed by atoms with Crippen molar-refractivity contribution in [1.29, 1.82) is 0 Å². The zero-order valence-corrected chi connectivity index (χ0v) is 13.3. The molecule has 0 aliphatic rings. The second-order valence-corrected chi connectivity index (χ2v) is 5.29. The van der Waals surface area contributed by atoms with Crippen molar-refractivity contribution in [3.63, 3.8) is 0 Å². The molecular formula is C19H16F2N2O. The first-order valence-corrected chi connectivity index (χ1v) is 7.40. The first kappa shape index (κ1) is 15.9. The Bertz CT molecular complexity index is 883. The van der Waals surface area contributed by atoms with E-state index in [9.17, 15) is 8.78 Å². The zero-order chi connectivity index (χ0) is 17.1. The van der Waals surface area contributed by atoms with E-state index >= 15 is 0 Å². The van der Waals surface area contributed by atoms with Crippen LogP contribution in [0.25, 0.3) is 5.69 Å². The fourth-order valence-corrected chi connectivity index (χ4v) is 2.47. The number of methoxy groups -OCH3 is 1. The second-order valence-electron chi connectivity index (χ2n) is 5.29. The fourth-order valence-electron chi connectivity index (χ4n) is 2.47. The molecule has 3 aromatic rings. The minimum atomic E-state index is -0.689. The van der Waals surface area contributed by atoms with Gasteiger partial charge in [-0.1, -0.05) is 0 Å². The SMILES string of the molecule is COc1ccc(-n2c(C)ccc2C=Nc2ccc(F)cc2F)cc1. The molecular weight excluding hydrogens is 310 g/mol. The lowest BCUT2D eigenvalue weighted by molar-refractivity contribution is 0.414. The normalized spacial score (nSPS) is 11.2. The average molecular weight is 326 g/mol. The lowest BCUT2D eigenvalue weighted by Gasteiger charge is -2.10. The van der Waals surface area contributed by atoms with Gasteiger partial charge in [0.25, 0.3) is 0 Å². The van der Waals surface area contributed by atoms with Crippen molar-refractivity contribution in [3.05, 3.63) is 77.6 Å². The lowest BCUT2D eigenvalue weighted by Crippen LogP contribution is -2.01. The van der Waals surface area contributed by atoms with Gasteiger partial charge < -0.3 is 9.30 Å². The number of aromatic nitrogens is 1. The highest BCUT2D eigenvalue weighted by atomic mass is 19.1. The van der Waals surface area contributed by atoms with E-state index in [1.807, 2.05) is 47.9 Å². The molecule has 0 saturated carbocycles. The maximum Gasteiger partial charge on any atom is 0.151 e. The van der Waals surface area contributed by atoms with Crippen molar-refractivity contribution in [2.24, 2.45) is 4.99 Å². The largest absolute Gasteiger partial charge is 0.497 e. The number of hydrogen-bond acceptors (Lipinski definition) is 2. The van der Waals surface area contributed by atoms with E-state index < -0.39 is 11.6 Å². The van der Waals surface area contributed by atoms with E-state index in [-0.39, 0.29) is 5.69 Å². The standard InChI is InChI=1S/C19H16F2N2O/c1-13-3-5-16(12-22-19-10-4-14(20)11-18(19)21)23(13)15-6-8-17(24-2)9-7-15/h3-12H,1-2H3. The fraction of sp³-hybridized carbons (Fsp3) is 0.105. The van der Waals surface area contributed by atoms with E-state index in [1.54, 1.807) is 13.3 Å². The molecule has 3 nitrogen and oxygen atoms in total. The number of aryl methyl sites for hydroxylation is 1. The summed E-state index contributed by atoms with van der Waals surface area (Å²) in [6, 6.07) is 14.8. The molecule has 0 spiro atoms. The van der Waals surface area contributed by atoms with Crippen molar-refractivity contribution in [2.45, 2.75) is 6.92 Å². The van der Waals surface area contributed by atoms with Gasteiger partial charge in [-0.3, -0.25) is 4.99 Å². The molecule has 0 fully saturated rings. The third-order valence-corrected chi connectivity index (χ3v) is 3.68.